The summed E-state index contributed by atoms with van der Waals surface area (Å²) in [5.41, 5.74) is 5.08. The number of nitrogens with two attached hydrogens (primary N) is 2. The van der Waals surface area contributed by atoms with Gasteiger partial charge in [-0.1, -0.05) is 0 Å². The second-order valence-electron chi connectivity index (χ2n) is 2.82. The summed E-state index contributed by atoms with van der Waals surface area (Å²) in [5.74, 6) is 4.63. The average Bonchev–Trinajstić information content (AvgIpc) is 2.23. The van der Waals surface area contributed by atoms with Gasteiger partial charge < -0.3 is 31.3 Å². The fourth-order valence-electron chi connectivity index (χ4n) is 0.812. The average molecular weight is 212 g/mol. The van der Waals surface area contributed by atoms with Crippen molar-refractivity contribution in [2.45, 2.75) is 30.6 Å². The Bertz CT molecular complexity index is 143. The normalized spacial score (nSPS) is 22.5. The van der Waals surface area contributed by atoms with Gasteiger partial charge in [0.25, 0.3) is 0 Å². The number of aliphatic hydroxyl groups excluding tert-OH is 5. The molecule has 0 aliphatic carbocycles. The second-order valence-corrected chi connectivity index (χ2v) is 2.82. The molecule has 0 aliphatic rings. The predicted octanol–water partition coefficient (Wildman–Crippen LogP) is -4.40. The van der Waals surface area contributed by atoms with Crippen LogP contribution < -0.4 is 11.6 Å². The molecule has 0 amide bonds. The van der Waals surface area contributed by atoms with E-state index < -0.39 is 37.3 Å². The van der Waals surface area contributed by atoms with Crippen LogP contribution in [-0.2, 0) is 4.84 Å². The van der Waals surface area contributed by atoms with Gasteiger partial charge in [0.2, 0.25) is 0 Å². The molecule has 8 heteroatoms. The van der Waals surface area contributed by atoms with E-state index >= 15 is 0 Å². The Hall–Kier alpha value is -0.320. The van der Waals surface area contributed by atoms with E-state index in [2.05, 4.69) is 10.7 Å². The van der Waals surface area contributed by atoms with Crippen molar-refractivity contribution in [3.63, 3.8) is 0 Å². The Morgan fingerprint density at radius 1 is 1.00 bits per heavy atom. The molecule has 0 bridgehead atoms. The summed E-state index contributed by atoms with van der Waals surface area (Å²) >= 11 is 0. The highest BCUT2D eigenvalue weighted by molar-refractivity contribution is 4.82. The second kappa shape index (κ2) is 6.22. The first-order valence-corrected chi connectivity index (χ1v) is 3.90. The first-order chi connectivity index (χ1) is 6.45. The molecule has 86 valence electrons. The number of rotatable bonds is 6. The Morgan fingerprint density at radius 2 is 1.50 bits per heavy atom. The Morgan fingerprint density at radius 3 is 1.86 bits per heavy atom. The van der Waals surface area contributed by atoms with Crippen molar-refractivity contribution in [1.29, 1.82) is 0 Å². The van der Waals surface area contributed by atoms with E-state index in [0.717, 1.165) is 0 Å². The van der Waals surface area contributed by atoms with Gasteiger partial charge in [0.15, 0.2) is 6.23 Å². The van der Waals surface area contributed by atoms with Gasteiger partial charge in [-0.05, 0) is 0 Å². The van der Waals surface area contributed by atoms with E-state index in [1.54, 1.807) is 0 Å². The lowest BCUT2D eigenvalue weighted by molar-refractivity contribution is -0.150. The molecule has 0 radical (unpaired) electrons. The molecule has 0 fully saturated rings. The molecule has 14 heavy (non-hydrogen) atoms. The predicted molar refractivity (Wildman–Crippen MR) is 44.4 cm³/mol. The zero-order valence-electron chi connectivity index (χ0n) is 7.39. The van der Waals surface area contributed by atoms with Crippen LogP contribution in [0.15, 0.2) is 0 Å². The van der Waals surface area contributed by atoms with Crippen molar-refractivity contribution >= 4 is 0 Å². The van der Waals surface area contributed by atoms with Crippen LogP contribution in [0.4, 0.5) is 0 Å². The van der Waals surface area contributed by atoms with Crippen LogP contribution in [0.5, 0.6) is 0 Å². The third-order valence-electron chi connectivity index (χ3n) is 1.77. The molecule has 9 N–H and O–H groups in total. The molecule has 1 unspecified atom stereocenters. The van der Waals surface area contributed by atoms with E-state index in [1.165, 1.54) is 0 Å². The van der Waals surface area contributed by atoms with Crippen molar-refractivity contribution in [2.75, 3.05) is 6.61 Å². The maximum Gasteiger partial charge on any atom is 0.155 e. The SMILES string of the molecule is NOC(N)[C@H](O)[C@@H](O)[C@H](O)[C@H](O)CO. The van der Waals surface area contributed by atoms with Gasteiger partial charge in [0.1, 0.15) is 24.4 Å². The molecule has 0 spiro atoms. The van der Waals surface area contributed by atoms with Gasteiger partial charge in [-0.2, -0.15) is 0 Å². The lowest BCUT2D eigenvalue weighted by atomic mass is 10.0. The first-order valence-electron chi connectivity index (χ1n) is 3.90. The van der Waals surface area contributed by atoms with Gasteiger partial charge in [-0.3, -0.25) is 4.84 Å². The molecule has 0 heterocycles. The molecule has 0 saturated carbocycles. The maximum absolute atomic E-state index is 9.20. The highest BCUT2D eigenvalue weighted by Crippen LogP contribution is 2.07. The highest BCUT2D eigenvalue weighted by atomic mass is 16.6. The molecular formula is C6H16N2O6. The van der Waals surface area contributed by atoms with Crippen LogP contribution >= 0.6 is 0 Å². The molecule has 0 aromatic heterocycles. The third-order valence-corrected chi connectivity index (χ3v) is 1.77. The number of aliphatic hydroxyl groups is 5. The van der Waals surface area contributed by atoms with Crippen molar-refractivity contribution in [3.05, 3.63) is 0 Å². The fourth-order valence-corrected chi connectivity index (χ4v) is 0.812. The monoisotopic (exact) mass is 212 g/mol. The van der Waals surface area contributed by atoms with Gasteiger partial charge in [-0.15, -0.1) is 0 Å². The first kappa shape index (κ1) is 13.7. The van der Waals surface area contributed by atoms with Crippen molar-refractivity contribution in [2.24, 2.45) is 11.6 Å². The number of hydrogen-bond acceptors (Lipinski definition) is 8. The minimum Gasteiger partial charge on any atom is -0.394 e. The maximum atomic E-state index is 9.20. The summed E-state index contributed by atoms with van der Waals surface area (Å²) in [6, 6.07) is 0. The lowest BCUT2D eigenvalue weighted by Gasteiger charge is -2.27. The smallest absolute Gasteiger partial charge is 0.155 e. The van der Waals surface area contributed by atoms with Crippen molar-refractivity contribution in [3.8, 4) is 0 Å². The summed E-state index contributed by atoms with van der Waals surface area (Å²) < 4.78 is 0. The molecule has 0 aliphatic heterocycles. The zero-order valence-corrected chi connectivity index (χ0v) is 7.39. The highest BCUT2D eigenvalue weighted by Gasteiger charge is 2.33. The summed E-state index contributed by atoms with van der Waals surface area (Å²) in [7, 11) is 0. The molecule has 8 nitrogen and oxygen atoms in total. The Kier molecular flexibility index (Phi) is 6.08. The third kappa shape index (κ3) is 3.44. The largest absolute Gasteiger partial charge is 0.394 e. The lowest BCUT2D eigenvalue weighted by Crippen LogP contribution is -2.53. The summed E-state index contributed by atoms with van der Waals surface area (Å²) in [5, 5.41) is 44.9. The van der Waals surface area contributed by atoms with Gasteiger partial charge in [0, 0.05) is 0 Å². The van der Waals surface area contributed by atoms with Crippen LogP contribution in [-0.4, -0.2) is 62.8 Å². The minimum atomic E-state index is -1.77. The number of hydrogen-bond donors (Lipinski definition) is 7. The fraction of sp³-hybridized carbons (Fsp3) is 1.00. The van der Waals surface area contributed by atoms with Crippen molar-refractivity contribution in [1.82, 2.24) is 0 Å². The topological polar surface area (TPSA) is 162 Å². The van der Waals surface area contributed by atoms with Crippen LogP contribution in [0, 0.1) is 0 Å². The molecule has 0 rings (SSSR count). The molecular weight excluding hydrogens is 196 g/mol. The standard InChI is InChI=1S/C6H16N2O6/c7-6(14-8)5(13)4(12)3(11)2(10)1-9/h2-6,9-13H,1,7-8H2/t2-,3-,4+,5-,6?/m1/s1. The van der Waals surface area contributed by atoms with Crippen molar-refractivity contribution < 1.29 is 30.4 Å². The quantitative estimate of drug-likeness (QED) is 0.171. The molecule has 0 aromatic carbocycles. The van der Waals surface area contributed by atoms with Gasteiger partial charge in [-0.25, -0.2) is 5.90 Å². The van der Waals surface area contributed by atoms with Gasteiger partial charge >= 0.3 is 0 Å². The minimum absolute atomic E-state index is 0.760. The Labute approximate surface area is 80.3 Å². The van der Waals surface area contributed by atoms with Crippen LogP contribution in [0.2, 0.25) is 0 Å². The van der Waals surface area contributed by atoms with E-state index in [9.17, 15) is 5.11 Å². The van der Waals surface area contributed by atoms with Crippen LogP contribution in [0.3, 0.4) is 0 Å². The molecule has 0 aromatic rings. The van der Waals surface area contributed by atoms with Crippen LogP contribution in [0.1, 0.15) is 0 Å². The van der Waals surface area contributed by atoms with E-state index in [1.807, 2.05) is 0 Å². The van der Waals surface area contributed by atoms with Crippen LogP contribution in [0.25, 0.3) is 0 Å². The zero-order chi connectivity index (χ0) is 11.3. The summed E-state index contributed by atoms with van der Waals surface area (Å²) in [6.07, 6.45) is -8.15. The van der Waals surface area contributed by atoms with E-state index in [4.69, 9.17) is 26.2 Å². The summed E-state index contributed by atoms with van der Waals surface area (Å²) in [6.45, 7) is -0.760. The van der Waals surface area contributed by atoms with Gasteiger partial charge in [0.05, 0.1) is 6.61 Å². The molecule has 5 atom stereocenters. The Balaban J connectivity index is 4.22. The van der Waals surface area contributed by atoms with E-state index in [0.29, 0.717) is 0 Å². The van der Waals surface area contributed by atoms with E-state index in [-0.39, 0.29) is 0 Å². The summed E-state index contributed by atoms with van der Waals surface area (Å²) in [4.78, 5) is 4.01. The molecule has 0 saturated heterocycles.